The second-order valence-electron chi connectivity index (χ2n) is 10.3. The fraction of sp³-hybridized carbons (Fsp3) is 0.480. The summed E-state index contributed by atoms with van der Waals surface area (Å²) in [5, 5.41) is 7.33. The Hall–Kier alpha value is -2.91. The van der Waals surface area contributed by atoms with Crippen molar-refractivity contribution in [1.82, 2.24) is 25.2 Å². The maximum absolute atomic E-state index is 13.6. The van der Waals surface area contributed by atoms with Crippen LogP contribution in [0.4, 0.5) is 26.2 Å². The number of hydrogen-bond donors (Lipinski definition) is 2. The van der Waals surface area contributed by atoms with Gasteiger partial charge in [-0.05, 0) is 55.1 Å². The fourth-order valence-electron chi connectivity index (χ4n) is 5.74. The van der Waals surface area contributed by atoms with Gasteiger partial charge in [-0.1, -0.05) is 6.07 Å². The van der Waals surface area contributed by atoms with Gasteiger partial charge in [-0.2, -0.15) is 0 Å². The van der Waals surface area contributed by atoms with Crippen molar-refractivity contribution in [2.45, 2.75) is 44.8 Å². The molecular formula is C25H27F2N7. The molecule has 3 aromatic rings. The number of rotatable bonds is 5. The number of benzene rings is 1. The highest BCUT2D eigenvalue weighted by molar-refractivity contribution is 5.90. The highest BCUT2D eigenvalue weighted by Gasteiger charge is 2.46. The Labute approximate surface area is 196 Å². The summed E-state index contributed by atoms with van der Waals surface area (Å²) in [5.41, 5.74) is 4.28. The van der Waals surface area contributed by atoms with Crippen LogP contribution < -0.4 is 15.5 Å². The average Bonchev–Trinajstić information content (AvgIpc) is 3.38. The summed E-state index contributed by atoms with van der Waals surface area (Å²) >= 11 is 0. The van der Waals surface area contributed by atoms with E-state index in [1.165, 1.54) is 30.0 Å². The second kappa shape index (κ2) is 7.55. The summed E-state index contributed by atoms with van der Waals surface area (Å²) in [6.07, 6.45) is 2.71. The van der Waals surface area contributed by atoms with Crippen molar-refractivity contribution in [2.75, 3.05) is 36.4 Å². The van der Waals surface area contributed by atoms with Gasteiger partial charge in [0.15, 0.2) is 5.82 Å². The van der Waals surface area contributed by atoms with Gasteiger partial charge in [-0.15, -0.1) is 0 Å². The summed E-state index contributed by atoms with van der Waals surface area (Å²) in [6.45, 7) is 5.61. The van der Waals surface area contributed by atoms with E-state index >= 15 is 0 Å². The molecule has 1 aromatic carbocycles. The van der Waals surface area contributed by atoms with E-state index in [1.807, 2.05) is 0 Å². The van der Waals surface area contributed by atoms with Crippen molar-refractivity contribution in [3.8, 4) is 0 Å². The van der Waals surface area contributed by atoms with Crippen molar-refractivity contribution < 1.29 is 8.78 Å². The molecule has 3 fully saturated rings. The maximum atomic E-state index is 13.6. The summed E-state index contributed by atoms with van der Waals surface area (Å²) in [5.74, 6) is 0.986. The van der Waals surface area contributed by atoms with Crippen LogP contribution in [0.25, 0.3) is 10.9 Å². The summed E-state index contributed by atoms with van der Waals surface area (Å²) in [6, 6.07) is 8.57. The predicted octanol–water partition coefficient (Wildman–Crippen LogP) is 3.98. The standard InChI is InChI=1S/C25H27F2N7/c26-22(27)20-8-16-9-29-24(30-18-2-1-15-10-33(19-3-4-19)11-17(15)7-18)32-21(16)23(31-20)34-13-25(14-34)5-6-28-12-25/h1-2,7-9,19,22,28H,3-6,10-14H2,(H,29,30,32). The molecule has 9 heteroatoms. The van der Waals surface area contributed by atoms with Crippen LogP contribution in [-0.4, -0.2) is 52.1 Å². The lowest BCUT2D eigenvalue weighted by atomic mass is 9.79. The monoisotopic (exact) mass is 463 g/mol. The SMILES string of the molecule is FC(F)c1cc2cnc(Nc3ccc4c(c3)CN(C3CC3)C4)nc2c(N2CC3(CCNC3)C2)n1. The molecule has 0 unspecified atom stereocenters. The average molecular weight is 464 g/mol. The number of halogens is 2. The first-order chi connectivity index (χ1) is 16.6. The molecule has 176 valence electrons. The molecule has 1 saturated carbocycles. The molecule has 0 bridgehead atoms. The first-order valence-electron chi connectivity index (χ1n) is 12.1. The van der Waals surface area contributed by atoms with Gasteiger partial charge in [0, 0.05) is 61.5 Å². The lowest BCUT2D eigenvalue weighted by Crippen LogP contribution is -2.58. The second-order valence-corrected chi connectivity index (χ2v) is 10.3. The molecule has 4 aliphatic rings. The lowest BCUT2D eigenvalue weighted by molar-refractivity contribution is 0.146. The Balaban J connectivity index is 1.19. The van der Waals surface area contributed by atoms with E-state index in [0.29, 0.717) is 22.7 Å². The molecule has 3 aliphatic heterocycles. The van der Waals surface area contributed by atoms with E-state index in [-0.39, 0.29) is 11.1 Å². The minimum atomic E-state index is -2.63. The largest absolute Gasteiger partial charge is 0.353 e. The van der Waals surface area contributed by atoms with Gasteiger partial charge in [-0.25, -0.2) is 23.7 Å². The topological polar surface area (TPSA) is 69.2 Å². The number of alkyl halides is 2. The van der Waals surface area contributed by atoms with Gasteiger partial charge in [0.1, 0.15) is 11.2 Å². The van der Waals surface area contributed by atoms with E-state index in [1.54, 1.807) is 6.20 Å². The fourth-order valence-corrected chi connectivity index (χ4v) is 5.74. The van der Waals surface area contributed by atoms with Gasteiger partial charge in [0.25, 0.3) is 6.43 Å². The minimum Gasteiger partial charge on any atom is -0.353 e. The molecule has 7 rings (SSSR count). The van der Waals surface area contributed by atoms with Crippen LogP contribution in [0.1, 0.15) is 42.5 Å². The number of hydrogen-bond acceptors (Lipinski definition) is 7. The van der Waals surface area contributed by atoms with Crippen molar-refractivity contribution in [1.29, 1.82) is 0 Å². The van der Waals surface area contributed by atoms with Crippen LogP contribution in [0.15, 0.2) is 30.5 Å². The molecule has 2 N–H and O–H groups in total. The molecule has 2 aromatic heterocycles. The zero-order valence-electron chi connectivity index (χ0n) is 18.9. The molecule has 1 aliphatic carbocycles. The molecule has 34 heavy (non-hydrogen) atoms. The Bertz CT molecular complexity index is 1260. The lowest BCUT2D eigenvalue weighted by Gasteiger charge is -2.48. The molecule has 0 atom stereocenters. The first-order valence-corrected chi connectivity index (χ1v) is 12.1. The summed E-state index contributed by atoms with van der Waals surface area (Å²) in [4.78, 5) is 18.1. The smallest absolute Gasteiger partial charge is 0.280 e. The number of pyridine rings is 1. The number of nitrogens with one attached hydrogen (secondary N) is 2. The number of nitrogens with zero attached hydrogens (tertiary/aromatic N) is 5. The number of aromatic nitrogens is 3. The molecule has 1 spiro atoms. The van der Waals surface area contributed by atoms with Gasteiger partial charge < -0.3 is 15.5 Å². The molecular weight excluding hydrogens is 436 g/mol. The van der Waals surface area contributed by atoms with Crippen LogP contribution in [0.2, 0.25) is 0 Å². The molecule has 7 nitrogen and oxygen atoms in total. The Morgan fingerprint density at radius 2 is 1.94 bits per heavy atom. The van der Waals surface area contributed by atoms with E-state index in [2.05, 4.69) is 48.6 Å². The van der Waals surface area contributed by atoms with E-state index in [0.717, 1.165) is 57.4 Å². The summed E-state index contributed by atoms with van der Waals surface area (Å²) in [7, 11) is 0. The summed E-state index contributed by atoms with van der Waals surface area (Å²) < 4.78 is 27.1. The molecule has 0 amide bonds. The number of fused-ring (bicyclic) bond motifs is 2. The predicted molar refractivity (Wildman–Crippen MR) is 126 cm³/mol. The highest BCUT2D eigenvalue weighted by atomic mass is 19.3. The van der Waals surface area contributed by atoms with Crippen molar-refractivity contribution in [2.24, 2.45) is 5.41 Å². The van der Waals surface area contributed by atoms with Crippen LogP contribution >= 0.6 is 0 Å². The third kappa shape index (κ3) is 3.49. The normalized spacial score (nSPS) is 21.4. The quantitative estimate of drug-likeness (QED) is 0.593. The third-order valence-corrected chi connectivity index (χ3v) is 7.75. The van der Waals surface area contributed by atoms with Crippen LogP contribution in [-0.2, 0) is 13.1 Å². The highest BCUT2D eigenvalue weighted by Crippen LogP contribution is 2.41. The Kier molecular flexibility index (Phi) is 4.54. The van der Waals surface area contributed by atoms with Gasteiger partial charge in [0.05, 0.1) is 0 Å². The van der Waals surface area contributed by atoms with E-state index in [9.17, 15) is 8.78 Å². The van der Waals surface area contributed by atoms with Crippen molar-refractivity contribution in [3.63, 3.8) is 0 Å². The first kappa shape index (κ1) is 20.5. The third-order valence-electron chi connectivity index (χ3n) is 7.75. The Morgan fingerprint density at radius 1 is 1.09 bits per heavy atom. The molecule has 2 saturated heterocycles. The van der Waals surface area contributed by atoms with Gasteiger partial charge >= 0.3 is 0 Å². The van der Waals surface area contributed by atoms with Crippen LogP contribution in [0.5, 0.6) is 0 Å². The van der Waals surface area contributed by atoms with E-state index in [4.69, 9.17) is 4.98 Å². The zero-order valence-corrected chi connectivity index (χ0v) is 18.9. The molecule has 0 radical (unpaired) electrons. The van der Waals surface area contributed by atoms with Gasteiger partial charge in [0.2, 0.25) is 5.95 Å². The minimum absolute atomic E-state index is 0.224. The van der Waals surface area contributed by atoms with Crippen molar-refractivity contribution in [3.05, 3.63) is 47.3 Å². The number of anilines is 3. The van der Waals surface area contributed by atoms with Crippen LogP contribution in [0.3, 0.4) is 0 Å². The van der Waals surface area contributed by atoms with E-state index < -0.39 is 6.43 Å². The van der Waals surface area contributed by atoms with Crippen molar-refractivity contribution >= 4 is 28.4 Å². The van der Waals surface area contributed by atoms with Gasteiger partial charge in [-0.3, -0.25) is 4.90 Å². The molecule has 5 heterocycles. The Morgan fingerprint density at radius 3 is 2.71 bits per heavy atom. The van der Waals surface area contributed by atoms with Crippen LogP contribution in [0, 0.1) is 5.41 Å². The zero-order chi connectivity index (χ0) is 22.9. The maximum Gasteiger partial charge on any atom is 0.280 e.